The Morgan fingerprint density at radius 2 is 2.10 bits per heavy atom. The van der Waals surface area contributed by atoms with Gasteiger partial charge in [-0.3, -0.25) is 0 Å². The van der Waals surface area contributed by atoms with Gasteiger partial charge in [-0.05, 0) is 26.0 Å². The molecule has 0 atom stereocenters. The summed E-state index contributed by atoms with van der Waals surface area (Å²) in [6.07, 6.45) is 0. The number of hydrogen-bond donors (Lipinski definition) is 1. The number of ether oxygens (including phenoxy) is 3. The van der Waals surface area contributed by atoms with Gasteiger partial charge < -0.3 is 19.5 Å². The van der Waals surface area contributed by atoms with E-state index in [1.165, 1.54) is 0 Å². The van der Waals surface area contributed by atoms with Gasteiger partial charge >= 0.3 is 0 Å². The van der Waals surface area contributed by atoms with E-state index in [0.717, 1.165) is 23.6 Å². The van der Waals surface area contributed by atoms with Gasteiger partial charge in [0.05, 0.1) is 7.11 Å². The van der Waals surface area contributed by atoms with Crippen LogP contribution >= 0.6 is 0 Å². The molecule has 21 heavy (non-hydrogen) atoms. The Hall–Kier alpha value is -2.50. The van der Waals surface area contributed by atoms with Crippen molar-refractivity contribution in [2.45, 2.75) is 13.8 Å². The molecule has 0 saturated heterocycles. The molecule has 2 aromatic rings. The van der Waals surface area contributed by atoms with Gasteiger partial charge in [-0.2, -0.15) is 0 Å². The van der Waals surface area contributed by atoms with Crippen LogP contribution in [-0.4, -0.2) is 30.4 Å². The third-order valence-electron chi connectivity index (χ3n) is 3.13. The Morgan fingerprint density at radius 1 is 1.24 bits per heavy atom. The van der Waals surface area contributed by atoms with Crippen molar-refractivity contribution in [1.82, 2.24) is 9.97 Å². The van der Waals surface area contributed by atoms with Crippen molar-refractivity contribution in [1.29, 1.82) is 0 Å². The first kappa shape index (κ1) is 13.5. The van der Waals surface area contributed by atoms with Crippen LogP contribution in [0.25, 0.3) is 11.4 Å². The quantitative estimate of drug-likeness (QED) is 0.932. The minimum Gasteiger partial charge on any atom is -0.493 e. The van der Waals surface area contributed by atoms with E-state index in [4.69, 9.17) is 14.2 Å². The lowest BCUT2D eigenvalue weighted by Crippen LogP contribution is -2.02. The molecule has 0 aliphatic carbocycles. The summed E-state index contributed by atoms with van der Waals surface area (Å²) in [5.41, 5.74) is 1.73. The monoisotopic (exact) mass is 287 g/mol. The molecule has 0 bridgehead atoms. The number of methoxy groups -OCH3 is 1. The summed E-state index contributed by atoms with van der Waals surface area (Å²) in [5.74, 6) is 3.33. The predicted molar refractivity (Wildman–Crippen MR) is 79.0 cm³/mol. The zero-order valence-electron chi connectivity index (χ0n) is 12.3. The summed E-state index contributed by atoms with van der Waals surface area (Å²) in [6, 6.07) is 5.64. The second-order valence-corrected chi connectivity index (χ2v) is 4.66. The Kier molecular flexibility index (Phi) is 3.51. The fourth-order valence-corrected chi connectivity index (χ4v) is 2.23. The maximum atomic E-state index is 5.44. The van der Waals surface area contributed by atoms with Crippen molar-refractivity contribution in [3.05, 3.63) is 23.9 Å². The summed E-state index contributed by atoms with van der Waals surface area (Å²) in [4.78, 5) is 9.00. The molecule has 0 spiro atoms. The molecular weight excluding hydrogens is 270 g/mol. The Labute approximate surface area is 123 Å². The molecule has 1 aliphatic rings. The number of nitrogens with one attached hydrogen (secondary N) is 1. The number of nitrogens with zero attached hydrogens (tertiary/aromatic N) is 2. The van der Waals surface area contributed by atoms with Crippen molar-refractivity contribution in [2.24, 2.45) is 0 Å². The highest BCUT2D eigenvalue weighted by molar-refractivity contribution is 5.68. The van der Waals surface area contributed by atoms with Gasteiger partial charge in [0, 0.05) is 23.9 Å². The number of aromatic nitrogens is 2. The fourth-order valence-electron chi connectivity index (χ4n) is 2.23. The molecular formula is C15H17N3O3. The maximum Gasteiger partial charge on any atom is 0.231 e. The first-order chi connectivity index (χ1) is 10.2. The molecule has 0 fully saturated rings. The van der Waals surface area contributed by atoms with Crippen molar-refractivity contribution in [2.75, 3.05) is 25.8 Å². The largest absolute Gasteiger partial charge is 0.493 e. The first-order valence-electron chi connectivity index (χ1n) is 6.79. The smallest absolute Gasteiger partial charge is 0.231 e. The third kappa shape index (κ3) is 2.56. The molecule has 2 heterocycles. The molecule has 110 valence electrons. The summed E-state index contributed by atoms with van der Waals surface area (Å²) in [6.45, 7) is 4.98. The molecule has 1 N–H and O–H groups in total. The highest BCUT2D eigenvalue weighted by Gasteiger charge is 2.21. The van der Waals surface area contributed by atoms with E-state index in [2.05, 4.69) is 15.3 Å². The Bertz CT molecular complexity index is 673. The van der Waals surface area contributed by atoms with Gasteiger partial charge in [-0.1, -0.05) is 0 Å². The molecule has 0 unspecified atom stereocenters. The second-order valence-electron chi connectivity index (χ2n) is 4.66. The van der Waals surface area contributed by atoms with Crippen LogP contribution in [-0.2, 0) is 0 Å². The Morgan fingerprint density at radius 3 is 2.86 bits per heavy atom. The predicted octanol–water partition coefficient (Wildman–Crippen LogP) is 2.62. The Balaban J connectivity index is 2.08. The number of anilines is 1. The van der Waals surface area contributed by atoms with E-state index >= 15 is 0 Å². The number of rotatable bonds is 4. The molecule has 0 saturated carbocycles. The van der Waals surface area contributed by atoms with Crippen LogP contribution in [0.1, 0.15) is 12.6 Å². The average Bonchev–Trinajstić information content (AvgIpc) is 2.94. The van der Waals surface area contributed by atoms with Gasteiger partial charge in [0.25, 0.3) is 0 Å². The molecule has 6 nitrogen and oxygen atoms in total. The summed E-state index contributed by atoms with van der Waals surface area (Å²) in [7, 11) is 1.60. The normalized spacial score (nSPS) is 12.3. The van der Waals surface area contributed by atoms with Gasteiger partial charge in [0.15, 0.2) is 17.3 Å². The van der Waals surface area contributed by atoms with Crippen LogP contribution in [0.2, 0.25) is 0 Å². The zero-order chi connectivity index (χ0) is 14.8. The van der Waals surface area contributed by atoms with Crippen LogP contribution < -0.4 is 19.5 Å². The van der Waals surface area contributed by atoms with Gasteiger partial charge in [0.2, 0.25) is 12.5 Å². The van der Waals surface area contributed by atoms with Gasteiger partial charge in [0.1, 0.15) is 5.82 Å². The number of fused-ring (bicyclic) bond motifs is 1. The van der Waals surface area contributed by atoms with E-state index in [1.54, 1.807) is 7.11 Å². The third-order valence-corrected chi connectivity index (χ3v) is 3.13. The van der Waals surface area contributed by atoms with Crippen LogP contribution in [0.3, 0.4) is 0 Å². The van der Waals surface area contributed by atoms with Crippen LogP contribution in [0, 0.1) is 6.92 Å². The molecule has 1 aromatic carbocycles. The minimum absolute atomic E-state index is 0.201. The fraction of sp³-hybridized carbons (Fsp3) is 0.333. The number of hydrogen-bond acceptors (Lipinski definition) is 6. The second kappa shape index (κ2) is 5.47. The molecule has 0 radical (unpaired) electrons. The summed E-state index contributed by atoms with van der Waals surface area (Å²) in [5, 5.41) is 3.20. The topological polar surface area (TPSA) is 65.5 Å². The minimum atomic E-state index is 0.201. The lowest BCUT2D eigenvalue weighted by atomic mass is 10.1. The first-order valence-corrected chi connectivity index (χ1v) is 6.79. The SMILES string of the molecule is CCNc1cc(C)nc(-c2cc(OC)c3c(c2)OCO3)n1. The lowest BCUT2D eigenvalue weighted by molar-refractivity contribution is 0.171. The van der Waals surface area contributed by atoms with Crippen molar-refractivity contribution < 1.29 is 14.2 Å². The van der Waals surface area contributed by atoms with Crippen LogP contribution in [0.4, 0.5) is 5.82 Å². The summed E-state index contributed by atoms with van der Waals surface area (Å²) < 4.78 is 16.2. The van der Waals surface area contributed by atoms with Gasteiger partial charge in [-0.15, -0.1) is 0 Å². The van der Waals surface area contributed by atoms with E-state index in [-0.39, 0.29) is 6.79 Å². The molecule has 1 aliphatic heterocycles. The molecule has 3 rings (SSSR count). The van der Waals surface area contributed by atoms with E-state index in [9.17, 15) is 0 Å². The van der Waals surface area contributed by atoms with E-state index in [1.807, 2.05) is 32.0 Å². The zero-order valence-corrected chi connectivity index (χ0v) is 12.3. The highest BCUT2D eigenvalue weighted by Crippen LogP contribution is 2.43. The number of aryl methyl sites for hydroxylation is 1. The summed E-state index contributed by atoms with van der Waals surface area (Å²) >= 11 is 0. The van der Waals surface area contributed by atoms with Crippen LogP contribution in [0.5, 0.6) is 17.2 Å². The van der Waals surface area contributed by atoms with Gasteiger partial charge in [-0.25, -0.2) is 9.97 Å². The van der Waals surface area contributed by atoms with Crippen molar-refractivity contribution >= 4 is 5.82 Å². The lowest BCUT2D eigenvalue weighted by Gasteiger charge is -2.10. The average molecular weight is 287 g/mol. The highest BCUT2D eigenvalue weighted by atomic mass is 16.7. The van der Waals surface area contributed by atoms with Crippen LogP contribution in [0.15, 0.2) is 18.2 Å². The van der Waals surface area contributed by atoms with Crippen molar-refractivity contribution in [3.8, 4) is 28.6 Å². The molecule has 1 aromatic heterocycles. The van der Waals surface area contributed by atoms with E-state index in [0.29, 0.717) is 23.1 Å². The number of benzene rings is 1. The van der Waals surface area contributed by atoms with Crippen molar-refractivity contribution in [3.63, 3.8) is 0 Å². The van der Waals surface area contributed by atoms with E-state index < -0.39 is 0 Å². The maximum absolute atomic E-state index is 5.44. The standard InChI is InChI=1S/C15H17N3O3/c1-4-16-13-5-9(2)17-15(18-13)10-6-11(19-3)14-12(7-10)20-8-21-14/h5-7H,4,8H2,1-3H3,(H,16,17,18). The molecule has 6 heteroatoms. The molecule has 0 amide bonds.